The van der Waals surface area contributed by atoms with Crippen molar-refractivity contribution in [1.29, 1.82) is 0 Å². The van der Waals surface area contributed by atoms with Crippen LogP contribution in [0.4, 0.5) is 0 Å². The molecule has 0 bridgehead atoms. The van der Waals surface area contributed by atoms with E-state index in [1.165, 1.54) is 45.6 Å². The molecule has 0 radical (unpaired) electrons. The molecule has 0 spiro atoms. The van der Waals surface area contributed by atoms with Gasteiger partial charge in [-0.25, -0.2) is 0 Å². The molecule has 1 rings (SSSR count). The van der Waals surface area contributed by atoms with E-state index in [9.17, 15) is 0 Å². The summed E-state index contributed by atoms with van der Waals surface area (Å²) < 4.78 is 0. The average Bonchev–Trinajstić information content (AvgIpc) is 2.37. The molecule has 0 unspecified atom stereocenters. The lowest BCUT2D eigenvalue weighted by atomic mass is 10.3. The van der Waals surface area contributed by atoms with Gasteiger partial charge in [0.15, 0.2) is 0 Å². The summed E-state index contributed by atoms with van der Waals surface area (Å²) in [5.41, 5.74) is 0. The summed E-state index contributed by atoms with van der Waals surface area (Å²) in [6.07, 6.45) is 2.61. The molecule has 0 amide bonds. The quantitative estimate of drug-likeness (QED) is 0.682. The molecule has 74 valence electrons. The van der Waals surface area contributed by atoms with Crippen LogP contribution in [0.3, 0.4) is 0 Å². The third-order valence-electron chi connectivity index (χ3n) is 1.97. The minimum absolute atomic E-state index is 1.18. The predicted octanol–water partition coefficient (Wildman–Crippen LogP) is 1.72. The van der Waals surface area contributed by atoms with Gasteiger partial charge in [-0.05, 0) is 32.5 Å². The van der Waals surface area contributed by atoms with Crippen molar-refractivity contribution in [3.8, 4) is 0 Å². The van der Waals surface area contributed by atoms with Gasteiger partial charge in [0.2, 0.25) is 0 Å². The topological polar surface area (TPSA) is 15.3 Å². The zero-order valence-electron chi connectivity index (χ0n) is 8.90. The molecule has 1 aliphatic rings. The van der Waals surface area contributed by atoms with E-state index in [1.807, 2.05) is 13.8 Å². The van der Waals surface area contributed by atoms with E-state index in [1.54, 1.807) is 0 Å². The summed E-state index contributed by atoms with van der Waals surface area (Å²) in [6, 6.07) is 0. The Morgan fingerprint density at radius 1 is 1.17 bits per heavy atom. The highest BCUT2D eigenvalue weighted by molar-refractivity contribution is 4.64. The Morgan fingerprint density at radius 3 is 2.58 bits per heavy atom. The Kier molecular flexibility index (Phi) is 8.95. The largest absolute Gasteiger partial charge is 0.315 e. The summed E-state index contributed by atoms with van der Waals surface area (Å²) in [5, 5.41) is 3.39. The fraction of sp³-hybridized carbons (Fsp3) is 1.00. The number of nitrogens with one attached hydrogen (secondary N) is 1. The van der Waals surface area contributed by atoms with Crippen molar-refractivity contribution in [3.63, 3.8) is 0 Å². The van der Waals surface area contributed by atoms with Gasteiger partial charge in [-0.1, -0.05) is 20.8 Å². The van der Waals surface area contributed by atoms with Crippen LogP contribution in [0.1, 0.15) is 33.6 Å². The lowest BCUT2D eigenvalue weighted by Crippen LogP contribution is -2.28. The van der Waals surface area contributed by atoms with E-state index in [-0.39, 0.29) is 0 Å². The lowest BCUT2D eigenvalue weighted by molar-refractivity contribution is 0.293. The van der Waals surface area contributed by atoms with Crippen LogP contribution < -0.4 is 5.32 Å². The standard InChI is InChI=1S/C8H18N2.C2H6/c1-2-6-10-7-3-4-9-5-8-10;1-2/h9H,2-8H2,1H3;1-2H3. The molecule has 0 aromatic rings. The van der Waals surface area contributed by atoms with Crippen molar-refractivity contribution in [1.82, 2.24) is 10.2 Å². The first kappa shape index (κ1) is 11.9. The molecule has 1 fully saturated rings. The predicted molar refractivity (Wildman–Crippen MR) is 55.6 cm³/mol. The highest BCUT2D eigenvalue weighted by atomic mass is 15.1. The van der Waals surface area contributed by atoms with E-state index < -0.39 is 0 Å². The fourth-order valence-corrected chi connectivity index (χ4v) is 1.44. The van der Waals surface area contributed by atoms with Gasteiger partial charge in [-0.3, -0.25) is 0 Å². The average molecular weight is 172 g/mol. The number of hydrogen-bond donors (Lipinski definition) is 1. The molecule has 1 heterocycles. The second-order valence-electron chi connectivity index (χ2n) is 2.95. The van der Waals surface area contributed by atoms with E-state index in [0.29, 0.717) is 0 Å². The van der Waals surface area contributed by atoms with Crippen LogP contribution in [-0.4, -0.2) is 37.6 Å². The van der Waals surface area contributed by atoms with Gasteiger partial charge in [-0.2, -0.15) is 0 Å². The Morgan fingerprint density at radius 2 is 1.92 bits per heavy atom. The first-order valence-electron chi connectivity index (χ1n) is 5.36. The molecular formula is C10H24N2. The van der Waals surface area contributed by atoms with Gasteiger partial charge in [0.05, 0.1) is 0 Å². The molecule has 0 saturated carbocycles. The van der Waals surface area contributed by atoms with Crippen molar-refractivity contribution >= 4 is 0 Å². The first-order valence-corrected chi connectivity index (χ1v) is 5.36. The first-order chi connectivity index (χ1) is 5.93. The van der Waals surface area contributed by atoms with Crippen LogP contribution in [0.25, 0.3) is 0 Å². The highest BCUT2D eigenvalue weighted by Gasteiger charge is 2.05. The third-order valence-corrected chi connectivity index (χ3v) is 1.97. The van der Waals surface area contributed by atoms with Gasteiger partial charge >= 0.3 is 0 Å². The maximum Gasteiger partial charge on any atom is 0.0107 e. The van der Waals surface area contributed by atoms with Crippen LogP contribution in [0.2, 0.25) is 0 Å². The molecule has 0 aromatic carbocycles. The van der Waals surface area contributed by atoms with E-state index in [0.717, 1.165) is 0 Å². The van der Waals surface area contributed by atoms with Crippen molar-refractivity contribution in [2.75, 3.05) is 32.7 Å². The Labute approximate surface area is 77.3 Å². The third kappa shape index (κ3) is 5.56. The molecule has 0 aromatic heterocycles. The van der Waals surface area contributed by atoms with Crippen LogP contribution in [0.15, 0.2) is 0 Å². The van der Waals surface area contributed by atoms with Crippen molar-refractivity contribution in [2.24, 2.45) is 0 Å². The lowest BCUT2D eigenvalue weighted by Gasteiger charge is -2.17. The Bertz CT molecular complexity index is 75.9. The monoisotopic (exact) mass is 172 g/mol. The van der Waals surface area contributed by atoms with E-state index in [4.69, 9.17) is 0 Å². The molecule has 12 heavy (non-hydrogen) atoms. The summed E-state index contributed by atoms with van der Waals surface area (Å²) in [5.74, 6) is 0. The van der Waals surface area contributed by atoms with Crippen molar-refractivity contribution in [3.05, 3.63) is 0 Å². The van der Waals surface area contributed by atoms with E-state index in [2.05, 4.69) is 17.1 Å². The zero-order chi connectivity index (χ0) is 9.23. The van der Waals surface area contributed by atoms with Crippen molar-refractivity contribution < 1.29 is 0 Å². The SMILES string of the molecule is CC.CCCN1CCCNCC1. The number of hydrogen-bond acceptors (Lipinski definition) is 2. The molecule has 1 saturated heterocycles. The highest BCUT2D eigenvalue weighted by Crippen LogP contribution is 1.95. The molecule has 2 nitrogen and oxygen atoms in total. The molecule has 0 atom stereocenters. The second-order valence-corrected chi connectivity index (χ2v) is 2.95. The molecule has 2 heteroatoms. The minimum Gasteiger partial charge on any atom is -0.315 e. The smallest absolute Gasteiger partial charge is 0.0107 e. The van der Waals surface area contributed by atoms with Gasteiger partial charge < -0.3 is 10.2 Å². The Hall–Kier alpha value is -0.0800. The zero-order valence-corrected chi connectivity index (χ0v) is 8.90. The van der Waals surface area contributed by atoms with Crippen LogP contribution in [0.5, 0.6) is 0 Å². The number of rotatable bonds is 2. The van der Waals surface area contributed by atoms with Gasteiger partial charge in [0.25, 0.3) is 0 Å². The molecule has 1 aliphatic heterocycles. The summed E-state index contributed by atoms with van der Waals surface area (Å²) >= 11 is 0. The fourth-order valence-electron chi connectivity index (χ4n) is 1.44. The molecule has 1 N–H and O–H groups in total. The van der Waals surface area contributed by atoms with Crippen LogP contribution in [-0.2, 0) is 0 Å². The number of nitrogens with zero attached hydrogens (tertiary/aromatic N) is 1. The van der Waals surface area contributed by atoms with Crippen molar-refractivity contribution in [2.45, 2.75) is 33.6 Å². The Balaban J connectivity index is 0.000000561. The maximum atomic E-state index is 3.39. The summed E-state index contributed by atoms with van der Waals surface area (Å²) in [7, 11) is 0. The molecular weight excluding hydrogens is 148 g/mol. The maximum absolute atomic E-state index is 3.39. The minimum atomic E-state index is 1.18. The van der Waals surface area contributed by atoms with Crippen LogP contribution in [0, 0.1) is 0 Å². The van der Waals surface area contributed by atoms with Gasteiger partial charge in [0.1, 0.15) is 0 Å². The summed E-state index contributed by atoms with van der Waals surface area (Å²) in [4.78, 5) is 2.54. The second kappa shape index (κ2) is 9.01. The van der Waals surface area contributed by atoms with Gasteiger partial charge in [0, 0.05) is 13.1 Å². The van der Waals surface area contributed by atoms with Gasteiger partial charge in [-0.15, -0.1) is 0 Å². The normalized spacial score (nSPS) is 19.2. The summed E-state index contributed by atoms with van der Waals surface area (Å²) in [6.45, 7) is 12.5. The van der Waals surface area contributed by atoms with E-state index >= 15 is 0 Å². The van der Waals surface area contributed by atoms with Crippen LogP contribution >= 0.6 is 0 Å². The molecule has 0 aliphatic carbocycles.